The molecule has 2 aromatic heterocycles. The highest BCUT2D eigenvalue weighted by Gasteiger charge is 2.24. The van der Waals surface area contributed by atoms with Gasteiger partial charge in [-0.2, -0.15) is 0 Å². The molecular weight excluding hydrogens is 572 g/mol. The molecule has 0 radical (unpaired) electrons. The van der Waals surface area contributed by atoms with Gasteiger partial charge in [0.05, 0.1) is 23.8 Å². The van der Waals surface area contributed by atoms with E-state index in [9.17, 15) is 19.5 Å². The Morgan fingerprint density at radius 1 is 0.907 bits per heavy atom. The van der Waals surface area contributed by atoms with Gasteiger partial charge in [-0.05, 0) is 79.8 Å². The Morgan fingerprint density at radius 2 is 1.65 bits per heavy atom. The highest BCUT2D eigenvalue weighted by molar-refractivity contribution is 6.29. The average Bonchev–Trinajstić information content (AvgIpc) is 3.00. The van der Waals surface area contributed by atoms with Crippen molar-refractivity contribution in [1.29, 1.82) is 0 Å². The smallest absolute Gasteiger partial charge is 0.337 e. The third kappa shape index (κ3) is 8.30. The number of nitrogens with zero attached hydrogens (tertiary/aromatic N) is 2. The van der Waals surface area contributed by atoms with E-state index in [-0.39, 0.29) is 46.8 Å². The maximum atomic E-state index is 12.5. The number of halogens is 1. The summed E-state index contributed by atoms with van der Waals surface area (Å²) in [6.45, 7) is 0. The Hall–Kier alpha value is -4.96. The Morgan fingerprint density at radius 3 is 2.35 bits per heavy atom. The van der Waals surface area contributed by atoms with Gasteiger partial charge < -0.3 is 25.2 Å². The molecule has 1 fully saturated rings. The summed E-state index contributed by atoms with van der Waals surface area (Å²) in [6.07, 6.45) is 6.41. The number of anilines is 1. The van der Waals surface area contributed by atoms with Gasteiger partial charge in [0.15, 0.2) is 0 Å². The molecule has 11 heteroatoms. The highest BCUT2D eigenvalue weighted by Crippen LogP contribution is 2.27. The Balaban J connectivity index is 1.06. The first-order chi connectivity index (χ1) is 20.8. The standard InChI is InChI=1S/C32H29ClN4O6/c33-28-18-21(15-16-34-28)31(39)36-22-6-8-23(9-7-22)42-24-10-12-25(13-11-24)43-30-14-5-20(19-35-30)17-29(38)37-27-4-2-1-3-26(27)32(40)41/h1-5,10-16,18-19,22-23H,6-9,17H2,(H,36,39)(H,37,38)(H,40,41). The van der Waals surface area contributed by atoms with Gasteiger partial charge in [-0.15, -0.1) is 0 Å². The number of nitrogens with one attached hydrogen (secondary N) is 2. The van der Waals surface area contributed by atoms with E-state index in [1.54, 1.807) is 60.8 Å². The molecule has 1 aliphatic rings. The SMILES string of the molecule is O=C(Cc1ccc(Oc2ccc(OC3CCC(NC(=O)c4ccnc(Cl)c4)CC3)cc2)nc1)Nc1ccccc1C(=O)O. The maximum Gasteiger partial charge on any atom is 0.337 e. The van der Waals surface area contributed by atoms with E-state index in [1.165, 1.54) is 12.3 Å². The number of hydrogen-bond donors (Lipinski definition) is 3. The molecule has 4 aromatic rings. The van der Waals surface area contributed by atoms with E-state index in [2.05, 4.69) is 20.6 Å². The molecule has 10 nitrogen and oxygen atoms in total. The van der Waals surface area contributed by atoms with E-state index < -0.39 is 5.97 Å². The normalized spacial score (nSPS) is 16.1. The number of pyridine rings is 2. The molecule has 2 aromatic carbocycles. The molecule has 43 heavy (non-hydrogen) atoms. The second-order valence-corrected chi connectivity index (χ2v) is 10.5. The van der Waals surface area contributed by atoms with Crippen molar-refractivity contribution in [2.24, 2.45) is 0 Å². The summed E-state index contributed by atoms with van der Waals surface area (Å²) in [6, 6.07) is 20.2. The fourth-order valence-electron chi connectivity index (χ4n) is 4.77. The number of carbonyl (C=O) groups is 3. The molecule has 2 heterocycles. The molecule has 0 bridgehead atoms. The van der Waals surface area contributed by atoms with Crippen molar-refractivity contribution in [2.75, 3.05) is 5.32 Å². The minimum atomic E-state index is -1.11. The van der Waals surface area contributed by atoms with Crippen molar-refractivity contribution in [3.05, 3.63) is 107 Å². The summed E-state index contributed by atoms with van der Waals surface area (Å²) in [7, 11) is 0. The molecule has 0 unspecified atom stereocenters. The molecule has 1 saturated carbocycles. The minimum absolute atomic E-state index is 0.0238. The first-order valence-corrected chi connectivity index (χ1v) is 14.1. The second-order valence-electron chi connectivity index (χ2n) is 10.1. The van der Waals surface area contributed by atoms with Crippen LogP contribution in [0.15, 0.2) is 85.2 Å². The number of benzene rings is 2. The van der Waals surface area contributed by atoms with Crippen molar-refractivity contribution in [3.63, 3.8) is 0 Å². The summed E-state index contributed by atoms with van der Waals surface area (Å²) in [5, 5.41) is 15.3. The Kier molecular flexibility index (Phi) is 9.48. The van der Waals surface area contributed by atoms with Crippen LogP contribution in [0, 0.1) is 0 Å². The van der Waals surface area contributed by atoms with Crippen LogP contribution < -0.4 is 20.1 Å². The fourth-order valence-corrected chi connectivity index (χ4v) is 4.95. The predicted molar refractivity (Wildman–Crippen MR) is 160 cm³/mol. The van der Waals surface area contributed by atoms with Crippen LogP contribution in [-0.4, -0.2) is 45.0 Å². The quantitative estimate of drug-likeness (QED) is 0.191. The Labute approximate surface area is 253 Å². The summed E-state index contributed by atoms with van der Waals surface area (Å²) in [5.74, 6) is 0.0513. The lowest BCUT2D eigenvalue weighted by Gasteiger charge is -2.29. The largest absolute Gasteiger partial charge is 0.490 e. The number of carboxylic acid groups (broad SMARTS) is 1. The van der Waals surface area contributed by atoms with Gasteiger partial charge in [0.25, 0.3) is 5.91 Å². The van der Waals surface area contributed by atoms with Gasteiger partial charge in [0.1, 0.15) is 16.7 Å². The number of rotatable bonds is 10. The highest BCUT2D eigenvalue weighted by atomic mass is 35.5. The van der Waals surface area contributed by atoms with Crippen LogP contribution in [0.5, 0.6) is 17.4 Å². The minimum Gasteiger partial charge on any atom is -0.490 e. The first kappa shape index (κ1) is 29.5. The molecule has 220 valence electrons. The summed E-state index contributed by atoms with van der Waals surface area (Å²) >= 11 is 5.89. The van der Waals surface area contributed by atoms with Gasteiger partial charge in [0.2, 0.25) is 11.8 Å². The van der Waals surface area contributed by atoms with Crippen molar-refractivity contribution < 1.29 is 29.0 Å². The molecule has 5 rings (SSSR count). The van der Waals surface area contributed by atoms with E-state index in [4.69, 9.17) is 21.1 Å². The van der Waals surface area contributed by atoms with Gasteiger partial charge in [0, 0.05) is 30.1 Å². The fraction of sp³-hybridized carbons (Fsp3) is 0.219. The zero-order valence-corrected chi connectivity index (χ0v) is 23.8. The zero-order valence-electron chi connectivity index (χ0n) is 23.0. The first-order valence-electron chi connectivity index (χ1n) is 13.8. The molecular formula is C32H29ClN4O6. The lowest BCUT2D eigenvalue weighted by molar-refractivity contribution is -0.115. The summed E-state index contributed by atoms with van der Waals surface area (Å²) in [5.41, 5.74) is 1.41. The van der Waals surface area contributed by atoms with Gasteiger partial charge >= 0.3 is 5.97 Å². The van der Waals surface area contributed by atoms with E-state index in [0.29, 0.717) is 22.8 Å². The summed E-state index contributed by atoms with van der Waals surface area (Å²) < 4.78 is 12.0. The van der Waals surface area contributed by atoms with Crippen LogP contribution in [0.2, 0.25) is 5.15 Å². The molecule has 0 saturated heterocycles. The number of carboxylic acids is 1. The van der Waals surface area contributed by atoms with Gasteiger partial charge in [-0.25, -0.2) is 14.8 Å². The Bertz CT molecular complexity index is 1590. The monoisotopic (exact) mass is 600 g/mol. The van der Waals surface area contributed by atoms with Crippen LogP contribution in [0.3, 0.4) is 0 Å². The van der Waals surface area contributed by atoms with Crippen LogP contribution in [0.4, 0.5) is 5.69 Å². The maximum absolute atomic E-state index is 12.5. The third-order valence-corrected chi connectivity index (χ3v) is 7.15. The number of aromatic nitrogens is 2. The molecule has 0 atom stereocenters. The van der Waals surface area contributed by atoms with Crippen molar-refractivity contribution in [1.82, 2.24) is 15.3 Å². The van der Waals surface area contributed by atoms with E-state index in [0.717, 1.165) is 31.4 Å². The van der Waals surface area contributed by atoms with Crippen LogP contribution in [0.1, 0.15) is 52.0 Å². The molecule has 2 amide bonds. The van der Waals surface area contributed by atoms with Crippen LogP contribution >= 0.6 is 11.6 Å². The van der Waals surface area contributed by atoms with Crippen molar-refractivity contribution in [2.45, 2.75) is 44.2 Å². The average molecular weight is 601 g/mol. The number of hydrogen-bond acceptors (Lipinski definition) is 7. The topological polar surface area (TPSA) is 140 Å². The lowest BCUT2D eigenvalue weighted by Crippen LogP contribution is -2.39. The van der Waals surface area contributed by atoms with E-state index >= 15 is 0 Å². The second kappa shape index (κ2) is 13.8. The molecule has 3 N–H and O–H groups in total. The van der Waals surface area contributed by atoms with E-state index in [1.807, 2.05) is 12.1 Å². The van der Waals surface area contributed by atoms with Crippen LogP contribution in [-0.2, 0) is 11.2 Å². The number of amides is 2. The van der Waals surface area contributed by atoms with Crippen LogP contribution in [0.25, 0.3) is 0 Å². The number of aromatic carboxylic acids is 1. The molecule has 0 spiro atoms. The van der Waals surface area contributed by atoms with Crippen molar-refractivity contribution >= 4 is 35.1 Å². The number of para-hydroxylation sites is 1. The molecule has 0 aliphatic heterocycles. The zero-order chi connectivity index (χ0) is 30.2. The summed E-state index contributed by atoms with van der Waals surface area (Å²) in [4.78, 5) is 44.4. The molecule has 1 aliphatic carbocycles. The number of carbonyl (C=O) groups excluding carboxylic acids is 2. The van der Waals surface area contributed by atoms with Crippen molar-refractivity contribution in [3.8, 4) is 17.4 Å². The predicted octanol–water partition coefficient (Wildman–Crippen LogP) is 5.92. The van der Waals surface area contributed by atoms with Gasteiger partial charge in [-0.3, -0.25) is 9.59 Å². The lowest BCUT2D eigenvalue weighted by atomic mass is 9.92. The third-order valence-electron chi connectivity index (χ3n) is 6.94. The van der Waals surface area contributed by atoms with Gasteiger partial charge in [-0.1, -0.05) is 29.8 Å². The number of ether oxygens (including phenoxy) is 2.